The van der Waals surface area contributed by atoms with E-state index < -0.39 is 11.8 Å². The zero-order valence-electron chi connectivity index (χ0n) is 13.4. The standard InChI is InChI=1S/C18H14N2O4S/c1-2-19-16(22)17(23)20(18(19)25)15-11-9-10-5-3-4-6-13(10)24-14(11)8-7-12(15)21/h3-6,8H,2,7,9H2,1H3. The number of fused-ring (bicyclic) bond motifs is 2. The molecular weight excluding hydrogens is 340 g/mol. The quantitative estimate of drug-likeness (QED) is 0.597. The van der Waals surface area contributed by atoms with Gasteiger partial charge in [0.25, 0.3) is 0 Å². The highest BCUT2D eigenvalue weighted by Crippen LogP contribution is 2.38. The lowest BCUT2D eigenvalue weighted by Gasteiger charge is -2.30. The van der Waals surface area contributed by atoms with Gasteiger partial charge < -0.3 is 4.74 Å². The molecule has 6 nitrogen and oxygen atoms in total. The molecular formula is C18H14N2O4S. The van der Waals surface area contributed by atoms with Crippen molar-refractivity contribution in [3.8, 4) is 5.75 Å². The van der Waals surface area contributed by atoms with Crippen molar-refractivity contribution in [1.29, 1.82) is 0 Å². The molecule has 3 aliphatic rings. The molecule has 1 fully saturated rings. The van der Waals surface area contributed by atoms with Crippen LogP contribution in [0.15, 0.2) is 47.4 Å². The van der Waals surface area contributed by atoms with Crippen LogP contribution in [0, 0.1) is 0 Å². The van der Waals surface area contributed by atoms with Crippen LogP contribution in [-0.2, 0) is 20.8 Å². The van der Waals surface area contributed by atoms with Crippen LogP contribution in [-0.4, -0.2) is 39.1 Å². The first-order valence-corrected chi connectivity index (χ1v) is 8.36. The number of carbonyl (C=O) groups is 3. The van der Waals surface area contributed by atoms with Gasteiger partial charge in [-0.2, -0.15) is 0 Å². The van der Waals surface area contributed by atoms with Gasteiger partial charge >= 0.3 is 11.8 Å². The molecule has 25 heavy (non-hydrogen) atoms. The Morgan fingerprint density at radius 2 is 1.92 bits per heavy atom. The second-order valence-corrected chi connectivity index (χ2v) is 6.25. The Balaban J connectivity index is 1.85. The minimum atomic E-state index is -0.789. The van der Waals surface area contributed by atoms with Gasteiger partial charge in [0.1, 0.15) is 17.2 Å². The molecule has 2 aliphatic heterocycles. The van der Waals surface area contributed by atoms with Gasteiger partial charge in [-0.3, -0.25) is 19.3 Å². The molecule has 0 atom stereocenters. The summed E-state index contributed by atoms with van der Waals surface area (Å²) in [5.41, 5.74) is 1.67. The summed E-state index contributed by atoms with van der Waals surface area (Å²) in [6.45, 7) is 2.01. The number of rotatable bonds is 2. The first-order valence-electron chi connectivity index (χ1n) is 7.95. The summed E-state index contributed by atoms with van der Waals surface area (Å²) in [5, 5.41) is 0.0495. The lowest BCUT2D eigenvalue weighted by Crippen LogP contribution is -2.38. The van der Waals surface area contributed by atoms with Crippen LogP contribution >= 0.6 is 12.2 Å². The number of nitrogens with zero attached hydrogens (tertiary/aromatic N) is 2. The predicted octanol–water partition coefficient (Wildman–Crippen LogP) is 1.71. The summed E-state index contributed by atoms with van der Waals surface area (Å²) >= 11 is 5.28. The summed E-state index contributed by atoms with van der Waals surface area (Å²) in [4.78, 5) is 39.5. The topological polar surface area (TPSA) is 66.9 Å². The van der Waals surface area contributed by atoms with Crippen molar-refractivity contribution < 1.29 is 19.1 Å². The van der Waals surface area contributed by atoms with Gasteiger partial charge in [0.15, 0.2) is 10.9 Å². The Bertz CT molecular complexity index is 915. The van der Waals surface area contributed by atoms with Crippen molar-refractivity contribution in [3.63, 3.8) is 0 Å². The smallest absolute Gasteiger partial charge is 0.323 e. The number of allylic oxidation sites excluding steroid dienone is 3. The summed E-state index contributed by atoms with van der Waals surface area (Å²) in [7, 11) is 0. The van der Waals surface area contributed by atoms with Crippen LogP contribution in [0.25, 0.3) is 0 Å². The highest BCUT2D eigenvalue weighted by molar-refractivity contribution is 7.80. The normalized spacial score (nSPS) is 19.8. The van der Waals surface area contributed by atoms with Gasteiger partial charge in [-0.1, -0.05) is 18.2 Å². The molecule has 0 saturated carbocycles. The summed E-state index contributed by atoms with van der Waals surface area (Å²) in [5.74, 6) is -0.466. The highest BCUT2D eigenvalue weighted by atomic mass is 32.1. The minimum absolute atomic E-state index is 0.0495. The average molecular weight is 354 g/mol. The Labute approximate surface area is 149 Å². The van der Waals surface area contributed by atoms with E-state index in [-0.39, 0.29) is 29.6 Å². The number of benzene rings is 1. The minimum Gasteiger partial charge on any atom is -0.457 e. The van der Waals surface area contributed by atoms with Crippen molar-refractivity contribution in [3.05, 3.63) is 52.9 Å². The van der Waals surface area contributed by atoms with E-state index >= 15 is 0 Å². The van der Waals surface area contributed by atoms with Gasteiger partial charge in [-0.15, -0.1) is 0 Å². The molecule has 0 N–H and O–H groups in total. The Morgan fingerprint density at radius 3 is 2.64 bits per heavy atom. The number of hydrogen-bond donors (Lipinski definition) is 0. The van der Waals surface area contributed by atoms with Crippen LogP contribution in [0.1, 0.15) is 18.9 Å². The van der Waals surface area contributed by atoms with Crippen molar-refractivity contribution in [2.45, 2.75) is 19.8 Å². The molecule has 1 aliphatic carbocycles. The maximum atomic E-state index is 12.6. The van der Waals surface area contributed by atoms with Gasteiger partial charge in [0, 0.05) is 25.0 Å². The van der Waals surface area contributed by atoms with E-state index in [4.69, 9.17) is 17.0 Å². The monoisotopic (exact) mass is 354 g/mol. The van der Waals surface area contributed by atoms with Gasteiger partial charge in [-0.25, -0.2) is 4.90 Å². The molecule has 0 spiro atoms. The average Bonchev–Trinajstić information content (AvgIpc) is 2.82. The second kappa shape index (κ2) is 5.63. The fourth-order valence-corrected chi connectivity index (χ4v) is 3.65. The van der Waals surface area contributed by atoms with Crippen LogP contribution in [0.3, 0.4) is 0 Å². The number of likely N-dealkylation sites (N-methyl/N-ethyl adjacent to an activating group) is 1. The third-order valence-corrected chi connectivity index (χ3v) is 4.88. The van der Waals surface area contributed by atoms with Gasteiger partial charge in [-0.05, 0) is 36.8 Å². The third-order valence-electron chi connectivity index (χ3n) is 4.47. The maximum absolute atomic E-state index is 12.6. The molecule has 0 bridgehead atoms. The fourth-order valence-electron chi connectivity index (χ4n) is 3.26. The van der Waals surface area contributed by atoms with Crippen molar-refractivity contribution in [2.75, 3.05) is 6.54 Å². The van der Waals surface area contributed by atoms with Crippen LogP contribution in [0.4, 0.5) is 0 Å². The zero-order valence-corrected chi connectivity index (χ0v) is 14.3. The Kier molecular flexibility index (Phi) is 3.54. The summed E-state index contributed by atoms with van der Waals surface area (Å²) in [6.07, 6.45) is 2.25. The molecule has 0 radical (unpaired) electrons. The lowest BCUT2D eigenvalue weighted by molar-refractivity contribution is -0.143. The molecule has 0 aromatic heterocycles. The maximum Gasteiger partial charge on any atom is 0.323 e. The number of ketones is 1. The van der Waals surface area contributed by atoms with E-state index in [0.29, 0.717) is 17.8 Å². The van der Waals surface area contributed by atoms with Gasteiger partial charge in [0.2, 0.25) is 0 Å². The summed E-state index contributed by atoms with van der Waals surface area (Å²) in [6, 6.07) is 7.52. The van der Waals surface area contributed by atoms with Crippen molar-refractivity contribution in [2.24, 2.45) is 0 Å². The van der Waals surface area contributed by atoms with E-state index in [0.717, 1.165) is 16.2 Å². The number of para-hydroxylation sites is 1. The third kappa shape index (κ3) is 2.23. The van der Waals surface area contributed by atoms with E-state index in [1.165, 1.54) is 4.90 Å². The number of hydrogen-bond acceptors (Lipinski definition) is 5. The molecule has 2 amide bonds. The van der Waals surface area contributed by atoms with E-state index in [9.17, 15) is 14.4 Å². The van der Waals surface area contributed by atoms with E-state index in [1.807, 2.05) is 24.3 Å². The molecule has 2 heterocycles. The SMILES string of the molecule is CCN1C(=O)C(=O)N(C2=C3Cc4ccccc4OC3=CCC2=O)C1=S. The van der Waals surface area contributed by atoms with Crippen molar-refractivity contribution in [1.82, 2.24) is 9.80 Å². The van der Waals surface area contributed by atoms with Crippen LogP contribution < -0.4 is 4.74 Å². The van der Waals surface area contributed by atoms with Crippen LogP contribution in [0.2, 0.25) is 0 Å². The predicted molar refractivity (Wildman–Crippen MR) is 92.3 cm³/mol. The molecule has 126 valence electrons. The molecule has 4 rings (SSSR count). The Hall–Kier alpha value is -2.80. The number of carbonyl (C=O) groups excluding carboxylic acids is 3. The van der Waals surface area contributed by atoms with Crippen molar-refractivity contribution >= 4 is 34.9 Å². The number of thiocarbonyl (C=S) groups is 1. The number of Topliss-reactive ketones (excluding diaryl/α,β-unsaturated/α-hetero) is 1. The lowest BCUT2D eigenvalue weighted by atomic mass is 9.91. The second-order valence-electron chi connectivity index (χ2n) is 5.88. The fraction of sp³-hybridized carbons (Fsp3) is 0.222. The first kappa shape index (κ1) is 15.7. The molecule has 0 unspecified atom stereocenters. The Morgan fingerprint density at radius 1 is 1.16 bits per heavy atom. The molecule has 1 aromatic carbocycles. The van der Waals surface area contributed by atoms with E-state index in [1.54, 1.807) is 13.0 Å². The highest BCUT2D eigenvalue weighted by Gasteiger charge is 2.46. The molecule has 7 heteroatoms. The molecule has 1 aromatic rings. The van der Waals surface area contributed by atoms with E-state index in [2.05, 4.69) is 0 Å². The largest absolute Gasteiger partial charge is 0.457 e. The summed E-state index contributed by atoms with van der Waals surface area (Å²) < 4.78 is 5.90. The zero-order chi connectivity index (χ0) is 17.7. The first-order chi connectivity index (χ1) is 12.0. The van der Waals surface area contributed by atoms with Gasteiger partial charge in [0.05, 0.1) is 0 Å². The van der Waals surface area contributed by atoms with Crippen LogP contribution in [0.5, 0.6) is 5.75 Å². The number of ether oxygens (including phenoxy) is 1. The number of amides is 2. The molecule has 1 saturated heterocycles.